The van der Waals surface area contributed by atoms with E-state index in [1.807, 2.05) is 45.2 Å². The molecule has 1 saturated heterocycles. The first-order chi connectivity index (χ1) is 11.9. The Labute approximate surface area is 146 Å². The Morgan fingerprint density at radius 3 is 2.76 bits per heavy atom. The van der Waals surface area contributed by atoms with E-state index in [2.05, 4.69) is 21.0 Å². The summed E-state index contributed by atoms with van der Waals surface area (Å²) in [5.74, 6) is 0. The minimum Gasteiger partial charge on any atom is -0.336 e. The van der Waals surface area contributed by atoms with Gasteiger partial charge in [-0.2, -0.15) is 5.10 Å². The Bertz CT molecular complexity index is 813. The van der Waals surface area contributed by atoms with Gasteiger partial charge in [-0.05, 0) is 37.6 Å². The molecule has 0 aliphatic carbocycles. The van der Waals surface area contributed by atoms with Crippen molar-refractivity contribution >= 4 is 23.4 Å². The highest BCUT2D eigenvalue weighted by atomic mass is 16.2. The molecule has 132 valence electrons. The molecule has 1 aliphatic heterocycles. The number of carbonyl (C=O) groups is 2. The van der Waals surface area contributed by atoms with Gasteiger partial charge in [-0.15, -0.1) is 0 Å². The molecule has 1 aliphatic rings. The number of anilines is 2. The summed E-state index contributed by atoms with van der Waals surface area (Å²) in [5, 5.41) is 12.6. The van der Waals surface area contributed by atoms with Crippen molar-refractivity contribution in [1.82, 2.24) is 20.4 Å². The summed E-state index contributed by atoms with van der Waals surface area (Å²) in [7, 11) is 1.84. The van der Waals surface area contributed by atoms with Crippen molar-refractivity contribution in [2.24, 2.45) is 7.05 Å². The number of nitrogens with zero attached hydrogens (tertiary/aromatic N) is 3. The van der Waals surface area contributed by atoms with Gasteiger partial charge in [0.25, 0.3) is 0 Å². The summed E-state index contributed by atoms with van der Waals surface area (Å²) in [4.78, 5) is 25.7. The van der Waals surface area contributed by atoms with Crippen LogP contribution >= 0.6 is 0 Å². The molecular formula is C17H22N6O2. The molecule has 3 rings (SSSR count). The second-order valence-corrected chi connectivity index (χ2v) is 6.09. The fraction of sp³-hybridized carbons (Fsp3) is 0.353. The van der Waals surface area contributed by atoms with Gasteiger partial charge in [-0.25, -0.2) is 9.59 Å². The van der Waals surface area contributed by atoms with E-state index in [1.54, 1.807) is 9.58 Å². The van der Waals surface area contributed by atoms with Crippen LogP contribution in [0.5, 0.6) is 0 Å². The lowest BCUT2D eigenvalue weighted by atomic mass is 10.1. The SMILES string of the molecule is Cc1cc(CNC(=O)Nc2ccc(C)c(N3CCNC3=O)c2)n(C)n1. The molecule has 1 fully saturated rings. The first kappa shape index (κ1) is 16.8. The smallest absolute Gasteiger partial charge is 0.322 e. The van der Waals surface area contributed by atoms with Crippen LogP contribution in [0.15, 0.2) is 24.3 Å². The van der Waals surface area contributed by atoms with Crippen LogP contribution in [0.4, 0.5) is 21.0 Å². The van der Waals surface area contributed by atoms with Gasteiger partial charge in [0.05, 0.1) is 23.6 Å². The molecule has 0 spiro atoms. The van der Waals surface area contributed by atoms with Crippen LogP contribution in [-0.2, 0) is 13.6 Å². The predicted octanol–water partition coefficient (Wildman–Crippen LogP) is 1.89. The van der Waals surface area contributed by atoms with Gasteiger partial charge >= 0.3 is 12.1 Å². The van der Waals surface area contributed by atoms with Gasteiger partial charge in [0.15, 0.2) is 0 Å². The van der Waals surface area contributed by atoms with Crippen molar-refractivity contribution in [3.63, 3.8) is 0 Å². The Kier molecular flexibility index (Phi) is 4.60. The summed E-state index contributed by atoms with van der Waals surface area (Å²) in [6.07, 6.45) is 0. The Balaban J connectivity index is 1.65. The van der Waals surface area contributed by atoms with Crippen LogP contribution in [0.2, 0.25) is 0 Å². The predicted molar refractivity (Wildman–Crippen MR) is 95.7 cm³/mol. The molecule has 0 saturated carbocycles. The number of carbonyl (C=O) groups excluding carboxylic acids is 2. The fourth-order valence-corrected chi connectivity index (χ4v) is 2.86. The molecule has 2 heterocycles. The molecule has 25 heavy (non-hydrogen) atoms. The van der Waals surface area contributed by atoms with Crippen LogP contribution in [0.3, 0.4) is 0 Å². The van der Waals surface area contributed by atoms with Crippen molar-refractivity contribution in [2.45, 2.75) is 20.4 Å². The molecule has 1 aromatic heterocycles. The zero-order chi connectivity index (χ0) is 18.0. The highest BCUT2D eigenvalue weighted by Gasteiger charge is 2.22. The minimum atomic E-state index is -0.306. The van der Waals surface area contributed by atoms with Gasteiger partial charge < -0.3 is 16.0 Å². The standard InChI is InChI=1S/C17H22N6O2/c1-11-4-5-13(9-15(11)23-7-6-18-17(23)25)20-16(24)19-10-14-8-12(2)21-22(14)3/h4-5,8-9H,6-7,10H2,1-3H3,(H,18,25)(H2,19,20,24). The quantitative estimate of drug-likeness (QED) is 0.792. The first-order valence-electron chi connectivity index (χ1n) is 8.14. The van der Waals surface area contributed by atoms with Gasteiger partial charge in [0, 0.05) is 25.8 Å². The Hall–Kier alpha value is -3.03. The number of hydrogen-bond donors (Lipinski definition) is 3. The molecule has 8 heteroatoms. The summed E-state index contributed by atoms with van der Waals surface area (Å²) < 4.78 is 1.74. The average molecular weight is 342 g/mol. The maximum atomic E-state index is 12.1. The number of benzene rings is 1. The second kappa shape index (κ2) is 6.84. The average Bonchev–Trinajstić information content (AvgIpc) is 3.12. The number of aryl methyl sites for hydroxylation is 3. The Morgan fingerprint density at radius 2 is 2.12 bits per heavy atom. The van der Waals surface area contributed by atoms with E-state index >= 15 is 0 Å². The molecule has 3 N–H and O–H groups in total. The summed E-state index contributed by atoms with van der Waals surface area (Å²) >= 11 is 0. The highest BCUT2D eigenvalue weighted by molar-refractivity contribution is 5.96. The molecule has 8 nitrogen and oxygen atoms in total. The van der Waals surface area contributed by atoms with Crippen LogP contribution in [0, 0.1) is 13.8 Å². The lowest BCUT2D eigenvalue weighted by Gasteiger charge is -2.18. The third-order valence-electron chi connectivity index (χ3n) is 4.14. The molecule has 2 aromatic rings. The number of aromatic nitrogens is 2. The molecule has 1 aromatic carbocycles. The molecule has 4 amide bonds. The number of amides is 4. The minimum absolute atomic E-state index is 0.115. The normalized spacial score (nSPS) is 13.7. The summed E-state index contributed by atoms with van der Waals surface area (Å²) in [6, 6.07) is 7.03. The number of nitrogens with one attached hydrogen (secondary N) is 3. The van der Waals surface area contributed by atoms with Crippen LogP contribution in [0.1, 0.15) is 17.0 Å². The molecule has 0 bridgehead atoms. The fourth-order valence-electron chi connectivity index (χ4n) is 2.86. The van der Waals surface area contributed by atoms with E-state index in [9.17, 15) is 9.59 Å². The van der Waals surface area contributed by atoms with E-state index in [4.69, 9.17) is 0 Å². The third kappa shape index (κ3) is 3.73. The van der Waals surface area contributed by atoms with Gasteiger partial charge in [-0.1, -0.05) is 6.07 Å². The maximum absolute atomic E-state index is 12.1. The first-order valence-corrected chi connectivity index (χ1v) is 8.14. The van der Waals surface area contributed by atoms with Crippen molar-refractivity contribution in [3.8, 4) is 0 Å². The van der Waals surface area contributed by atoms with E-state index in [0.717, 1.165) is 22.6 Å². The number of rotatable bonds is 4. The number of hydrogen-bond acceptors (Lipinski definition) is 3. The maximum Gasteiger partial charge on any atom is 0.322 e. The van der Waals surface area contributed by atoms with Gasteiger partial charge in [0.2, 0.25) is 0 Å². The zero-order valence-electron chi connectivity index (χ0n) is 14.6. The molecule has 0 atom stereocenters. The van der Waals surface area contributed by atoms with Crippen LogP contribution in [-0.4, -0.2) is 34.9 Å². The Morgan fingerprint density at radius 1 is 1.32 bits per heavy atom. The topological polar surface area (TPSA) is 91.3 Å². The summed E-state index contributed by atoms with van der Waals surface area (Å²) in [6.45, 7) is 5.48. The van der Waals surface area contributed by atoms with Crippen LogP contribution < -0.4 is 20.9 Å². The van der Waals surface area contributed by atoms with Crippen molar-refractivity contribution in [1.29, 1.82) is 0 Å². The second-order valence-electron chi connectivity index (χ2n) is 6.09. The monoisotopic (exact) mass is 342 g/mol. The third-order valence-corrected chi connectivity index (χ3v) is 4.14. The zero-order valence-corrected chi connectivity index (χ0v) is 14.6. The lowest BCUT2D eigenvalue weighted by Crippen LogP contribution is -2.30. The van der Waals surface area contributed by atoms with E-state index in [0.29, 0.717) is 25.3 Å². The van der Waals surface area contributed by atoms with Crippen molar-refractivity contribution < 1.29 is 9.59 Å². The van der Waals surface area contributed by atoms with Crippen LogP contribution in [0.25, 0.3) is 0 Å². The van der Waals surface area contributed by atoms with Crippen molar-refractivity contribution in [3.05, 3.63) is 41.2 Å². The largest absolute Gasteiger partial charge is 0.336 e. The lowest BCUT2D eigenvalue weighted by molar-refractivity contribution is 0.251. The summed E-state index contributed by atoms with van der Waals surface area (Å²) in [5.41, 5.74) is 4.25. The van der Waals surface area contributed by atoms with E-state index in [-0.39, 0.29) is 12.1 Å². The van der Waals surface area contributed by atoms with E-state index < -0.39 is 0 Å². The molecule has 0 unspecified atom stereocenters. The van der Waals surface area contributed by atoms with Crippen molar-refractivity contribution in [2.75, 3.05) is 23.3 Å². The van der Waals surface area contributed by atoms with E-state index in [1.165, 1.54) is 0 Å². The molecular weight excluding hydrogens is 320 g/mol. The molecule has 0 radical (unpaired) electrons. The van der Waals surface area contributed by atoms with Gasteiger partial charge in [-0.3, -0.25) is 9.58 Å². The highest BCUT2D eigenvalue weighted by Crippen LogP contribution is 2.25. The number of urea groups is 2. The van der Waals surface area contributed by atoms with Gasteiger partial charge in [0.1, 0.15) is 0 Å².